The number of hydrogen-bond acceptors (Lipinski definition) is 2. The predicted molar refractivity (Wildman–Crippen MR) is 80.8 cm³/mol. The Morgan fingerprint density at radius 3 is 2.35 bits per heavy atom. The zero-order chi connectivity index (χ0) is 15.4. The maximum atomic E-state index is 11.6. The predicted octanol–water partition coefficient (Wildman–Crippen LogP) is 3.15. The van der Waals surface area contributed by atoms with E-state index in [-0.39, 0.29) is 17.9 Å². The first kappa shape index (κ1) is 18.7. The summed E-state index contributed by atoms with van der Waals surface area (Å²) in [5.41, 5.74) is 0.121. The fourth-order valence-corrected chi connectivity index (χ4v) is 1.93. The van der Waals surface area contributed by atoms with Crippen LogP contribution in [0.25, 0.3) is 0 Å². The number of unbranched alkanes of at least 4 members (excludes halogenated alkanes) is 3. The van der Waals surface area contributed by atoms with Crippen molar-refractivity contribution in [3.8, 4) is 0 Å². The zero-order valence-electron chi connectivity index (χ0n) is 13.1. The van der Waals surface area contributed by atoms with Gasteiger partial charge in [0, 0.05) is 19.5 Å². The maximum absolute atomic E-state index is 11.6. The van der Waals surface area contributed by atoms with Crippen molar-refractivity contribution in [1.29, 1.82) is 0 Å². The molecular weight excluding hydrogens is 256 g/mol. The van der Waals surface area contributed by atoms with E-state index in [1.807, 2.05) is 0 Å². The highest BCUT2D eigenvalue weighted by Gasteiger charge is 2.17. The van der Waals surface area contributed by atoms with Crippen LogP contribution in [0.15, 0.2) is 0 Å². The Labute approximate surface area is 122 Å². The lowest BCUT2D eigenvalue weighted by molar-refractivity contribution is -0.137. The van der Waals surface area contributed by atoms with Gasteiger partial charge < -0.3 is 15.7 Å². The van der Waals surface area contributed by atoms with Crippen LogP contribution in [-0.4, -0.2) is 30.2 Å². The molecule has 2 amide bonds. The van der Waals surface area contributed by atoms with Gasteiger partial charge in [-0.3, -0.25) is 4.79 Å². The van der Waals surface area contributed by atoms with Gasteiger partial charge >= 0.3 is 12.0 Å². The number of hydrogen-bond donors (Lipinski definition) is 3. The van der Waals surface area contributed by atoms with Crippen molar-refractivity contribution >= 4 is 12.0 Å². The van der Waals surface area contributed by atoms with Gasteiger partial charge in [0.2, 0.25) is 0 Å². The van der Waals surface area contributed by atoms with Gasteiger partial charge in [0.1, 0.15) is 0 Å². The van der Waals surface area contributed by atoms with E-state index in [9.17, 15) is 9.59 Å². The fourth-order valence-electron chi connectivity index (χ4n) is 1.93. The molecule has 0 aromatic rings. The number of carbonyl (C=O) groups excluding carboxylic acids is 1. The number of nitrogens with one attached hydrogen (secondary N) is 2. The van der Waals surface area contributed by atoms with Crippen LogP contribution in [0.2, 0.25) is 0 Å². The Hall–Kier alpha value is -1.26. The molecule has 0 unspecified atom stereocenters. The number of carboxylic acids is 1. The first-order valence-corrected chi connectivity index (χ1v) is 7.61. The molecular formula is C15H30N2O3. The molecule has 5 heteroatoms. The zero-order valence-corrected chi connectivity index (χ0v) is 13.1. The van der Waals surface area contributed by atoms with E-state index in [0.29, 0.717) is 25.9 Å². The van der Waals surface area contributed by atoms with Crippen molar-refractivity contribution in [2.75, 3.05) is 13.1 Å². The summed E-state index contributed by atoms with van der Waals surface area (Å²) in [6.45, 7) is 7.70. The molecule has 20 heavy (non-hydrogen) atoms. The van der Waals surface area contributed by atoms with E-state index in [2.05, 4.69) is 31.4 Å². The summed E-state index contributed by atoms with van der Waals surface area (Å²) in [7, 11) is 0. The van der Waals surface area contributed by atoms with E-state index in [4.69, 9.17) is 5.11 Å². The molecule has 0 spiro atoms. The standard InChI is InChI=1S/C15H30N2O3/c1-4-5-7-10-15(2,3)12-17-14(20)16-11-8-6-9-13(18)19/h4-12H2,1-3H3,(H,18,19)(H2,16,17,20). The number of aliphatic carboxylic acids is 1. The van der Waals surface area contributed by atoms with Gasteiger partial charge in [-0.15, -0.1) is 0 Å². The van der Waals surface area contributed by atoms with Crippen LogP contribution in [0.5, 0.6) is 0 Å². The Balaban J connectivity index is 3.62. The van der Waals surface area contributed by atoms with E-state index in [0.717, 1.165) is 6.42 Å². The van der Waals surface area contributed by atoms with Crippen molar-refractivity contribution in [2.24, 2.45) is 5.41 Å². The SMILES string of the molecule is CCCCCC(C)(C)CNC(=O)NCCCCC(=O)O. The highest BCUT2D eigenvalue weighted by Crippen LogP contribution is 2.22. The second-order valence-electron chi connectivity index (χ2n) is 6.08. The Kier molecular flexibility index (Phi) is 9.86. The summed E-state index contributed by atoms with van der Waals surface area (Å²) in [6.07, 6.45) is 6.20. The normalized spacial score (nSPS) is 11.2. The number of rotatable bonds is 11. The molecule has 0 aromatic heterocycles. The van der Waals surface area contributed by atoms with E-state index >= 15 is 0 Å². The van der Waals surface area contributed by atoms with Crippen molar-refractivity contribution in [2.45, 2.75) is 65.7 Å². The van der Waals surface area contributed by atoms with Gasteiger partial charge in [-0.25, -0.2) is 4.79 Å². The fraction of sp³-hybridized carbons (Fsp3) is 0.867. The molecule has 0 aromatic carbocycles. The Morgan fingerprint density at radius 1 is 1.05 bits per heavy atom. The Bertz CT molecular complexity index is 291. The van der Waals surface area contributed by atoms with Crippen LogP contribution in [0, 0.1) is 5.41 Å². The third-order valence-corrected chi connectivity index (χ3v) is 3.29. The first-order valence-electron chi connectivity index (χ1n) is 7.61. The lowest BCUT2D eigenvalue weighted by Gasteiger charge is -2.25. The summed E-state index contributed by atoms with van der Waals surface area (Å²) in [4.78, 5) is 21.9. The van der Waals surface area contributed by atoms with Crippen molar-refractivity contribution in [3.05, 3.63) is 0 Å². The number of carboxylic acid groups (broad SMARTS) is 1. The van der Waals surface area contributed by atoms with Crippen LogP contribution >= 0.6 is 0 Å². The second kappa shape index (κ2) is 10.5. The summed E-state index contributed by atoms with van der Waals surface area (Å²) in [5.74, 6) is -0.789. The van der Waals surface area contributed by atoms with Crippen molar-refractivity contribution < 1.29 is 14.7 Å². The maximum Gasteiger partial charge on any atom is 0.314 e. The van der Waals surface area contributed by atoms with E-state index in [1.165, 1.54) is 19.3 Å². The van der Waals surface area contributed by atoms with Crippen LogP contribution in [-0.2, 0) is 4.79 Å². The lowest BCUT2D eigenvalue weighted by atomic mass is 9.87. The molecule has 0 atom stereocenters. The molecule has 118 valence electrons. The number of carbonyl (C=O) groups is 2. The Morgan fingerprint density at radius 2 is 1.75 bits per heavy atom. The quantitative estimate of drug-likeness (QED) is 0.510. The number of amides is 2. The smallest absolute Gasteiger partial charge is 0.314 e. The van der Waals surface area contributed by atoms with Crippen LogP contribution < -0.4 is 10.6 Å². The molecule has 3 N–H and O–H groups in total. The van der Waals surface area contributed by atoms with Gasteiger partial charge in [-0.1, -0.05) is 40.0 Å². The monoisotopic (exact) mass is 286 g/mol. The average molecular weight is 286 g/mol. The summed E-state index contributed by atoms with van der Waals surface area (Å²) in [5, 5.41) is 14.1. The molecule has 0 radical (unpaired) electrons. The first-order chi connectivity index (χ1) is 9.37. The molecule has 0 rings (SSSR count). The van der Waals surface area contributed by atoms with Gasteiger partial charge in [0.25, 0.3) is 0 Å². The average Bonchev–Trinajstić information content (AvgIpc) is 2.36. The van der Waals surface area contributed by atoms with Gasteiger partial charge in [-0.05, 0) is 24.7 Å². The molecule has 0 heterocycles. The molecule has 0 saturated carbocycles. The summed E-state index contributed by atoms with van der Waals surface area (Å²) in [6, 6.07) is -0.163. The highest BCUT2D eigenvalue weighted by atomic mass is 16.4. The minimum absolute atomic E-state index is 0.121. The summed E-state index contributed by atoms with van der Waals surface area (Å²) < 4.78 is 0. The molecule has 0 aliphatic heterocycles. The topological polar surface area (TPSA) is 78.4 Å². The third-order valence-electron chi connectivity index (χ3n) is 3.29. The van der Waals surface area contributed by atoms with Crippen molar-refractivity contribution in [3.63, 3.8) is 0 Å². The van der Waals surface area contributed by atoms with E-state index in [1.54, 1.807) is 0 Å². The summed E-state index contributed by atoms with van der Waals surface area (Å²) >= 11 is 0. The number of urea groups is 1. The molecule has 0 bridgehead atoms. The molecule has 5 nitrogen and oxygen atoms in total. The van der Waals surface area contributed by atoms with Crippen molar-refractivity contribution in [1.82, 2.24) is 10.6 Å². The third kappa shape index (κ3) is 11.8. The minimum atomic E-state index is -0.789. The molecule has 0 saturated heterocycles. The van der Waals surface area contributed by atoms with Gasteiger partial charge in [0.15, 0.2) is 0 Å². The second-order valence-corrected chi connectivity index (χ2v) is 6.08. The molecule has 0 aliphatic carbocycles. The van der Waals surface area contributed by atoms with E-state index < -0.39 is 5.97 Å². The van der Waals surface area contributed by atoms with Gasteiger partial charge in [0.05, 0.1) is 0 Å². The highest BCUT2D eigenvalue weighted by molar-refractivity contribution is 5.73. The van der Waals surface area contributed by atoms with Crippen LogP contribution in [0.1, 0.15) is 65.7 Å². The molecule has 0 fully saturated rings. The minimum Gasteiger partial charge on any atom is -0.481 e. The molecule has 0 aliphatic rings. The van der Waals surface area contributed by atoms with Crippen LogP contribution in [0.4, 0.5) is 4.79 Å². The van der Waals surface area contributed by atoms with Crippen LogP contribution in [0.3, 0.4) is 0 Å². The lowest BCUT2D eigenvalue weighted by Crippen LogP contribution is -2.41. The van der Waals surface area contributed by atoms with Gasteiger partial charge in [-0.2, -0.15) is 0 Å². The largest absolute Gasteiger partial charge is 0.481 e.